The first-order chi connectivity index (χ1) is 16.8. The van der Waals surface area contributed by atoms with Gasteiger partial charge in [0.25, 0.3) is 0 Å². The van der Waals surface area contributed by atoms with Crippen molar-refractivity contribution in [1.29, 1.82) is 5.26 Å². The van der Waals surface area contributed by atoms with Gasteiger partial charge in [0.15, 0.2) is 5.16 Å². The van der Waals surface area contributed by atoms with Crippen LogP contribution < -0.4 is 4.74 Å². The van der Waals surface area contributed by atoms with Gasteiger partial charge < -0.3 is 18.9 Å². The molecule has 0 bridgehead atoms. The van der Waals surface area contributed by atoms with E-state index in [1.165, 1.54) is 5.56 Å². The molecule has 1 aliphatic rings. The van der Waals surface area contributed by atoms with Crippen molar-refractivity contribution in [2.45, 2.75) is 69.7 Å². The predicted molar refractivity (Wildman–Crippen MR) is 138 cm³/mol. The normalized spacial score (nSPS) is 14.7. The molecule has 1 saturated heterocycles. The van der Waals surface area contributed by atoms with E-state index in [1.54, 1.807) is 16.7 Å². The highest BCUT2D eigenvalue weighted by atomic mass is 32.2. The van der Waals surface area contributed by atoms with Crippen molar-refractivity contribution in [3.05, 3.63) is 53.6 Å². The second-order valence-electron chi connectivity index (χ2n) is 9.67. The van der Waals surface area contributed by atoms with Gasteiger partial charge in [-0.1, -0.05) is 23.9 Å². The largest absolute Gasteiger partial charge is 0.490 e. The summed E-state index contributed by atoms with van der Waals surface area (Å²) in [5, 5.41) is 10.1. The van der Waals surface area contributed by atoms with Crippen LogP contribution in [0, 0.1) is 11.3 Å². The van der Waals surface area contributed by atoms with E-state index in [2.05, 4.69) is 29.7 Å². The standard InChI is InChI=1S/C27H32N4O3S/c1-5-31-24-11-8-20(17-28)16-23(24)29-25(31)35-18-19-6-9-21(10-7-19)33-22-12-14-30(15-13-22)26(32)34-27(2,3)4/h6-11,16,22H,5,12-15,18H2,1-4H3. The summed E-state index contributed by atoms with van der Waals surface area (Å²) < 4.78 is 13.8. The van der Waals surface area contributed by atoms with Crippen LogP contribution in [0.1, 0.15) is 51.7 Å². The molecule has 2 aromatic carbocycles. The molecule has 0 saturated carbocycles. The smallest absolute Gasteiger partial charge is 0.410 e. The molecule has 2 heterocycles. The number of aryl methyl sites for hydroxylation is 1. The number of hydrogen-bond donors (Lipinski definition) is 0. The number of rotatable bonds is 6. The number of piperidine rings is 1. The first-order valence-corrected chi connectivity index (χ1v) is 13.0. The van der Waals surface area contributed by atoms with Gasteiger partial charge in [-0.05, 0) is 63.6 Å². The summed E-state index contributed by atoms with van der Waals surface area (Å²) >= 11 is 1.69. The Kier molecular flexibility index (Phi) is 7.56. The molecular formula is C27H32N4O3S. The van der Waals surface area contributed by atoms with Crippen molar-refractivity contribution in [3.8, 4) is 11.8 Å². The van der Waals surface area contributed by atoms with Crippen molar-refractivity contribution in [2.75, 3.05) is 13.1 Å². The van der Waals surface area contributed by atoms with Crippen molar-refractivity contribution < 1.29 is 14.3 Å². The van der Waals surface area contributed by atoms with E-state index in [1.807, 2.05) is 51.1 Å². The summed E-state index contributed by atoms with van der Waals surface area (Å²) in [7, 11) is 0. The molecule has 0 N–H and O–H groups in total. The number of nitriles is 1. The topological polar surface area (TPSA) is 80.4 Å². The average molecular weight is 493 g/mol. The molecule has 1 aliphatic heterocycles. The van der Waals surface area contributed by atoms with E-state index in [0.29, 0.717) is 18.7 Å². The number of fused-ring (bicyclic) bond motifs is 1. The van der Waals surface area contributed by atoms with Gasteiger partial charge in [-0.25, -0.2) is 9.78 Å². The molecule has 7 nitrogen and oxygen atoms in total. The maximum atomic E-state index is 12.2. The predicted octanol–water partition coefficient (Wildman–Crippen LogP) is 6.00. The van der Waals surface area contributed by atoms with E-state index in [-0.39, 0.29) is 12.2 Å². The highest BCUT2D eigenvalue weighted by Gasteiger charge is 2.27. The second kappa shape index (κ2) is 10.6. The number of thioether (sulfide) groups is 1. The zero-order valence-corrected chi connectivity index (χ0v) is 21.6. The maximum absolute atomic E-state index is 12.2. The van der Waals surface area contributed by atoms with Gasteiger partial charge in [0, 0.05) is 38.2 Å². The molecular weight excluding hydrogens is 460 g/mol. The average Bonchev–Trinajstić information content (AvgIpc) is 3.19. The SMILES string of the molecule is CCn1c(SCc2ccc(OC3CCN(C(=O)OC(C)(C)C)CC3)cc2)nc2cc(C#N)ccc21. The van der Waals surface area contributed by atoms with Crippen molar-refractivity contribution in [2.24, 2.45) is 0 Å². The maximum Gasteiger partial charge on any atom is 0.410 e. The number of carbonyl (C=O) groups excluding carboxylic acids is 1. The van der Waals surface area contributed by atoms with Gasteiger partial charge in [-0.3, -0.25) is 0 Å². The molecule has 0 spiro atoms. The molecule has 35 heavy (non-hydrogen) atoms. The Bertz CT molecular complexity index is 1220. The summed E-state index contributed by atoms with van der Waals surface area (Å²) in [6.45, 7) is 9.86. The van der Waals surface area contributed by atoms with E-state index in [4.69, 9.17) is 19.7 Å². The van der Waals surface area contributed by atoms with Crippen LogP contribution in [-0.2, 0) is 17.0 Å². The van der Waals surface area contributed by atoms with Crippen molar-refractivity contribution in [3.63, 3.8) is 0 Å². The van der Waals surface area contributed by atoms with Crippen LogP contribution in [0.15, 0.2) is 47.6 Å². The number of imidazole rings is 1. The summed E-state index contributed by atoms with van der Waals surface area (Å²) in [6.07, 6.45) is 1.42. The zero-order chi connectivity index (χ0) is 25.0. The lowest BCUT2D eigenvalue weighted by Gasteiger charge is -2.33. The van der Waals surface area contributed by atoms with E-state index < -0.39 is 5.60 Å². The lowest BCUT2D eigenvalue weighted by Crippen LogP contribution is -2.44. The van der Waals surface area contributed by atoms with Crippen molar-refractivity contribution >= 4 is 28.9 Å². The summed E-state index contributed by atoms with van der Waals surface area (Å²) in [6, 6.07) is 16.0. The Morgan fingerprint density at radius 2 is 1.89 bits per heavy atom. The summed E-state index contributed by atoms with van der Waals surface area (Å²) in [5.74, 6) is 1.64. The molecule has 3 aromatic rings. The van der Waals surface area contributed by atoms with Gasteiger partial charge in [-0.15, -0.1) is 0 Å². The number of benzene rings is 2. The fourth-order valence-electron chi connectivity index (χ4n) is 4.08. The third-order valence-electron chi connectivity index (χ3n) is 5.85. The lowest BCUT2D eigenvalue weighted by molar-refractivity contribution is 0.0126. The summed E-state index contributed by atoms with van der Waals surface area (Å²) in [4.78, 5) is 18.8. The number of aromatic nitrogens is 2. The second-order valence-corrected chi connectivity index (χ2v) is 10.6. The number of amides is 1. The highest BCUT2D eigenvalue weighted by molar-refractivity contribution is 7.98. The van der Waals surface area contributed by atoms with Gasteiger partial charge in [0.05, 0.1) is 22.7 Å². The van der Waals surface area contributed by atoms with Crippen LogP contribution in [0.4, 0.5) is 4.79 Å². The fourth-order valence-corrected chi connectivity index (χ4v) is 5.11. The van der Waals surface area contributed by atoms with Crippen LogP contribution in [0.3, 0.4) is 0 Å². The number of hydrogen-bond acceptors (Lipinski definition) is 6. The van der Waals surface area contributed by atoms with Gasteiger partial charge in [-0.2, -0.15) is 5.26 Å². The lowest BCUT2D eigenvalue weighted by atomic mass is 10.1. The quantitative estimate of drug-likeness (QED) is 0.393. The number of likely N-dealkylation sites (tertiary alicyclic amines) is 1. The molecule has 0 unspecified atom stereocenters. The van der Waals surface area contributed by atoms with Gasteiger partial charge >= 0.3 is 6.09 Å². The Balaban J connectivity index is 1.30. The summed E-state index contributed by atoms with van der Waals surface area (Å²) in [5.41, 5.74) is 3.25. The molecule has 184 valence electrons. The first-order valence-electron chi connectivity index (χ1n) is 12.0. The van der Waals surface area contributed by atoms with Crippen molar-refractivity contribution in [1.82, 2.24) is 14.5 Å². The van der Waals surface area contributed by atoms with Gasteiger partial charge in [0.1, 0.15) is 17.5 Å². The van der Waals surface area contributed by atoms with E-state index in [0.717, 1.165) is 47.1 Å². The van der Waals surface area contributed by atoms with Crippen LogP contribution in [0.2, 0.25) is 0 Å². The molecule has 1 amide bonds. The van der Waals surface area contributed by atoms with Crippen LogP contribution >= 0.6 is 11.8 Å². The van der Waals surface area contributed by atoms with Crippen LogP contribution in [0.5, 0.6) is 5.75 Å². The Morgan fingerprint density at radius 1 is 1.17 bits per heavy atom. The Morgan fingerprint density at radius 3 is 2.51 bits per heavy atom. The number of carbonyl (C=O) groups is 1. The minimum absolute atomic E-state index is 0.0941. The minimum atomic E-state index is -0.478. The monoisotopic (exact) mass is 492 g/mol. The van der Waals surface area contributed by atoms with Crippen LogP contribution in [0.25, 0.3) is 11.0 Å². The molecule has 1 fully saturated rings. The first kappa shape index (κ1) is 24.9. The fraction of sp³-hybridized carbons (Fsp3) is 0.444. The number of nitrogens with zero attached hydrogens (tertiary/aromatic N) is 4. The molecule has 0 atom stereocenters. The van der Waals surface area contributed by atoms with E-state index in [9.17, 15) is 4.79 Å². The third kappa shape index (κ3) is 6.29. The third-order valence-corrected chi connectivity index (χ3v) is 6.89. The molecule has 0 radical (unpaired) electrons. The Hall–Kier alpha value is -3.18. The molecule has 1 aromatic heterocycles. The van der Waals surface area contributed by atoms with Gasteiger partial charge in [0.2, 0.25) is 0 Å². The number of ether oxygens (including phenoxy) is 2. The molecule has 8 heteroatoms. The van der Waals surface area contributed by atoms with E-state index >= 15 is 0 Å². The zero-order valence-electron chi connectivity index (χ0n) is 20.8. The van der Waals surface area contributed by atoms with Crippen LogP contribution in [-0.4, -0.2) is 45.3 Å². The highest BCUT2D eigenvalue weighted by Crippen LogP contribution is 2.28. The molecule has 0 aliphatic carbocycles. The minimum Gasteiger partial charge on any atom is -0.490 e. The Labute approximate surface area is 211 Å². The molecule has 4 rings (SSSR count).